The maximum Gasteiger partial charge on any atom is 0.101 e. The van der Waals surface area contributed by atoms with Gasteiger partial charge in [0, 0.05) is 34.1 Å². The van der Waals surface area contributed by atoms with E-state index in [0.29, 0.717) is 11.4 Å². The topological polar surface area (TPSA) is 84.3 Å². The van der Waals surface area contributed by atoms with Gasteiger partial charge in [-0.1, -0.05) is 72.8 Å². The number of nitrogens with zero attached hydrogens (tertiary/aromatic N) is 4. The van der Waals surface area contributed by atoms with Crippen molar-refractivity contribution in [3.63, 3.8) is 0 Å². The molecule has 0 aliphatic carbocycles. The van der Waals surface area contributed by atoms with Crippen LogP contribution in [0.4, 0.5) is 44.8 Å². The first-order valence-corrected chi connectivity index (χ1v) is 14.8. The molecule has 7 aromatic rings. The van der Waals surface area contributed by atoms with Crippen LogP contribution in [0.3, 0.4) is 0 Å². The summed E-state index contributed by atoms with van der Waals surface area (Å²) in [4.78, 5) is 15.1. The molecule has 0 unspecified atom stereocenters. The lowest BCUT2D eigenvalue weighted by Gasteiger charge is -2.39. The first-order valence-electron chi connectivity index (χ1n) is 14.0. The Morgan fingerprint density at radius 2 is 0.977 bits per heavy atom. The van der Waals surface area contributed by atoms with Crippen molar-refractivity contribution in [3.8, 4) is 21.6 Å². The minimum Gasteiger partial charge on any atom is -0.396 e. The predicted octanol–water partition coefficient (Wildman–Crippen LogP) is 9.44. The van der Waals surface area contributed by atoms with Gasteiger partial charge in [-0.25, -0.2) is 0 Å². The van der Waals surface area contributed by atoms with E-state index >= 15 is 0 Å². The Hall–Kier alpha value is -5.66. The average molecular weight is 575 g/mol. The fraction of sp³-hybridized carbons (Fsp3) is 0. The summed E-state index contributed by atoms with van der Waals surface area (Å²) < 4.78 is 0. The highest BCUT2D eigenvalue weighted by atomic mass is 32.1. The van der Waals surface area contributed by atoms with Crippen LogP contribution >= 0.6 is 11.3 Å². The lowest BCUT2D eigenvalue weighted by atomic mass is 9.96. The molecule has 0 saturated heterocycles. The van der Waals surface area contributed by atoms with E-state index in [1.54, 1.807) is 23.7 Å². The molecule has 0 amide bonds. The number of fused-ring (bicyclic) bond motifs is 3. The molecule has 0 radical (unpaired) electrons. The highest BCUT2D eigenvalue weighted by molar-refractivity contribution is 7.19. The van der Waals surface area contributed by atoms with E-state index < -0.39 is 0 Å². The third-order valence-corrected chi connectivity index (χ3v) is 8.95. The monoisotopic (exact) mass is 574 g/mol. The molecule has 0 saturated carbocycles. The molecule has 206 valence electrons. The molecule has 1 aliphatic rings. The van der Waals surface area contributed by atoms with Crippen LogP contribution in [0.25, 0.3) is 32.6 Å². The van der Waals surface area contributed by atoms with Crippen LogP contribution in [0.2, 0.25) is 0 Å². The first-order chi connectivity index (χ1) is 21.2. The SMILES string of the molecule is Nc1c(N)c(-c2ccc(N3c4ccccc4N(c4ccccc4)c4ccccc43)s2)c2nccnc2c1-c1ccccc1. The predicted molar refractivity (Wildman–Crippen MR) is 180 cm³/mol. The van der Waals surface area contributed by atoms with Crippen LogP contribution in [0, 0.1) is 0 Å². The highest BCUT2D eigenvalue weighted by Gasteiger charge is 2.31. The van der Waals surface area contributed by atoms with Crippen LogP contribution < -0.4 is 21.3 Å². The molecular formula is C36H26N6S. The molecule has 6 nitrogen and oxygen atoms in total. The van der Waals surface area contributed by atoms with Crippen LogP contribution in [-0.2, 0) is 0 Å². The van der Waals surface area contributed by atoms with Gasteiger partial charge >= 0.3 is 0 Å². The smallest absolute Gasteiger partial charge is 0.101 e. The fourth-order valence-corrected chi connectivity index (χ4v) is 7.09. The second-order valence-corrected chi connectivity index (χ2v) is 11.4. The van der Waals surface area contributed by atoms with Crippen LogP contribution in [-0.4, -0.2) is 9.97 Å². The molecular weight excluding hydrogens is 549 g/mol. The number of rotatable bonds is 4. The number of aromatic nitrogens is 2. The zero-order chi connectivity index (χ0) is 28.9. The Morgan fingerprint density at radius 3 is 1.58 bits per heavy atom. The largest absolute Gasteiger partial charge is 0.396 e. The summed E-state index contributed by atoms with van der Waals surface area (Å²) in [6.45, 7) is 0. The third-order valence-electron chi connectivity index (χ3n) is 7.86. The molecule has 5 aromatic carbocycles. The maximum absolute atomic E-state index is 6.84. The van der Waals surface area contributed by atoms with E-state index in [-0.39, 0.29) is 0 Å². The van der Waals surface area contributed by atoms with Crippen LogP contribution in [0.5, 0.6) is 0 Å². The number of nitrogen functional groups attached to an aromatic ring is 2. The number of nitrogens with two attached hydrogens (primary N) is 2. The van der Waals surface area contributed by atoms with Crippen molar-refractivity contribution >= 4 is 67.2 Å². The second-order valence-electron chi connectivity index (χ2n) is 10.3. The molecule has 2 aromatic heterocycles. The maximum atomic E-state index is 6.84. The van der Waals surface area contributed by atoms with E-state index in [4.69, 9.17) is 21.4 Å². The first kappa shape index (κ1) is 25.1. The summed E-state index contributed by atoms with van der Waals surface area (Å²) in [7, 11) is 0. The van der Waals surface area contributed by atoms with Crippen molar-refractivity contribution < 1.29 is 0 Å². The minimum absolute atomic E-state index is 0.509. The lowest BCUT2D eigenvalue weighted by Crippen LogP contribution is -2.23. The van der Waals surface area contributed by atoms with Gasteiger partial charge in [-0.2, -0.15) is 0 Å². The van der Waals surface area contributed by atoms with Crippen molar-refractivity contribution in [3.05, 3.63) is 134 Å². The lowest BCUT2D eigenvalue weighted by molar-refractivity contribution is 1.18. The standard InChI is InChI=1S/C36H26N6S/c37-33-31(23-11-3-1-4-12-23)35-36(40-22-21-39-35)32(34(33)38)29-19-20-30(43-29)42-27-17-9-7-15-25(27)41(24-13-5-2-6-14-24)26-16-8-10-18-28(26)42/h1-22H,37-38H2. The van der Waals surface area contributed by atoms with Gasteiger partial charge in [-0.15, -0.1) is 11.3 Å². The Balaban J connectivity index is 1.31. The fourth-order valence-electron chi connectivity index (χ4n) is 5.99. The summed E-state index contributed by atoms with van der Waals surface area (Å²) >= 11 is 1.66. The summed E-state index contributed by atoms with van der Waals surface area (Å²) in [5.74, 6) is 0. The molecule has 4 N–H and O–H groups in total. The second kappa shape index (κ2) is 10.0. The van der Waals surface area contributed by atoms with Gasteiger partial charge in [0.2, 0.25) is 0 Å². The minimum atomic E-state index is 0.509. The van der Waals surface area contributed by atoms with E-state index in [1.165, 1.54) is 0 Å². The van der Waals surface area contributed by atoms with E-state index in [9.17, 15) is 0 Å². The zero-order valence-corrected chi connectivity index (χ0v) is 23.9. The molecule has 3 heterocycles. The molecule has 43 heavy (non-hydrogen) atoms. The van der Waals surface area contributed by atoms with Gasteiger partial charge in [0.15, 0.2) is 0 Å². The quantitative estimate of drug-likeness (QED) is 0.204. The Bertz CT molecular complexity index is 2080. The molecule has 0 bridgehead atoms. The molecule has 0 fully saturated rings. The van der Waals surface area contributed by atoms with Gasteiger partial charge in [0.05, 0.1) is 39.6 Å². The Morgan fingerprint density at radius 1 is 0.488 bits per heavy atom. The van der Waals surface area contributed by atoms with E-state index in [2.05, 4.69) is 94.7 Å². The Kier molecular flexibility index (Phi) is 5.84. The number of hydrogen-bond donors (Lipinski definition) is 2. The third kappa shape index (κ3) is 3.94. The molecule has 0 atom stereocenters. The highest BCUT2D eigenvalue weighted by Crippen LogP contribution is 2.56. The molecule has 7 heteroatoms. The number of benzene rings is 5. The number of hydrogen-bond acceptors (Lipinski definition) is 7. The summed E-state index contributed by atoms with van der Waals surface area (Å²) in [6.07, 6.45) is 3.41. The van der Waals surface area contributed by atoms with Crippen molar-refractivity contribution in [1.29, 1.82) is 0 Å². The van der Waals surface area contributed by atoms with E-state index in [0.717, 1.165) is 66.0 Å². The molecule has 8 rings (SSSR count). The van der Waals surface area contributed by atoms with Gasteiger partial charge in [0.25, 0.3) is 0 Å². The van der Waals surface area contributed by atoms with Crippen molar-refractivity contribution in [2.24, 2.45) is 0 Å². The number of anilines is 8. The Labute approximate surface area is 253 Å². The van der Waals surface area contributed by atoms with Crippen molar-refractivity contribution in [2.75, 3.05) is 21.3 Å². The molecule has 1 aliphatic heterocycles. The van der Waals surface area contributed by atoms with Gasteiger partial charge in [-0.3, -0.25) is 14.9 Å². The van der Waals surface area contributed by atoms with Gasteiger partial charge < -0.3 is 16.4 Å². The van der Waals surface area contributed by atoms with Crippen LogP contribution in [0.1, 0.15) is 0 Å². The van der Waals surface area contributed by atoms with Crippen LogP contribution in [0.15, 0.2) is 134 Å². The summed E-state index contributed by atoms with van der Waals surface area (Å²) in [5, 5.41) is 1.06. The summed E-state index contributed by atoms with van der Waals surface area (Å²) in [6, 6.07) is 41.8. The number of para-hydroxylation sites is 5. The van der Waals surface area contributed by atoms with E-state index in [1.807, 2.05) is 36.4 Å². The molecule has 0 spiro atoms. The zero-order valence-electron chi connectivity index (χ0n) is 23.1. The number of thiophene rings is 1. The van der Waals surface area contributed by atoms with Crippen molar-refractivity contribution in [1.82, 2.24) is 9.97 Å². The van der Waals surface area contributed by atoms with Gasteiger partial charge in [-0.05, 0) is 54.1 Å². The van der Waals surface area contributed by atoms with Crippen molar-refractivity contribution in [2.45, 2.75) is 0 Å². The summed E-state index contributed by atoms with van der Waals surface area (Å²) in [5.41, 5.74) is 24.2. The average Bonchev–Trinajstić information content (AvgIpc) is 3.54. The normalized spacial score (nSPS) is 12.3. The van der Waals surface area contributed by atoms with Gasteiger partial charge in [0.1, 0.15) is 10.5 Å².